The highest BCUT2D eigenvalue weighted by atomic mass is 79.9. The lowest BCUT2D eigenvalue weighted by atomic mass is 10.2. The topological polar surface area (TPSA) is 54.4 Å². The van der Waals surface area contributed by atoms with Gasteiger partial charge in [-0.25, -0.2) is 0 Å². The Hall–Kier alpha value is -0.680. The number of benzene rings is 1. The van der Waals surface area contributed by atoms with Crippen LogP contribution in [-0.2, 0) is 15.6 Å². The molecule has 0 saturated heterocycles. The molecule has 17 heavy (non-hydrogen) atoms. The number of carboxylic acids is 1. The van der Waals surface area contributed by atoms with E-state index in [1.165, 1.54) is 0 Å². The molecule has 0 aliphatic heterocycles. The third kappa shape index (κ3) is 5.98. The molecule has 0 aromatic heterocycles. The molecule has 0 bridgehead atoms. The molecule has 0 saturated carbocycles. The molecule has 94 valence electrons. The Labute approximate surface area is 112 Å². The van der Waals surface area contributed by atoms with Gasteiger partial charge >= 0.3 is 5.97 Å². The van der Waals surface area contributed by atoms with Crippen LogP contribution in [0.2, 0.25) is 0 Å². The second-order valence-corrected chi connectivity index (χ2v) is 6.20. The number of unbranched alkanes of at least 4 members (excludes halogenated alkanes) is 2. The van der Waals surface area contributed by atoms with Crippen LogP contribution in [0.5, 0.6) is 0 Å². The first kappa shape index (κ1) is 14.4. The molecule has 0 radical (unpaired) electrons. The monoisotopic (exact) mass is 318 g/mol. The zero-order chi connectivity index (χ0) is 12.7. The first-order chi connectivity index (χ1) is 8.09. The van der Waals surface area contributed by atoms with Crippen LogP contribution < -0.4 is 0 Å². The van der Waals surface area contributed by atoms with Crippen molar-refractivity contribution in [3.8, 4) is 0 Å². The number of hydrogen-bond acceptors (Lipinski definition) is 2. The summed E-state index contributed by atoms with van der Waals surface area (Å²) >= 11 is 3.34. The van der Waals surface area contributed by atoms with Crippen LogP contribution in [0.15, 0.2) is 33.6 Å². The maximum atomic E-state index is 11.9. The molecule has 1 unspecified atom stereocenters. The van der Waals surface area contributed by atoms with Gasteiger partial charge in [0.15, 0.2) is 0 Å². The quantitative estimate of drug-likeness (QED) is 0.785. The minimum absolute atomic E-state index is 0.198. The smallest absolute Gasteiger partial charge is 0.303 e. The molecule has 1 rings (SSSR count). The molecule has 1 aromatic rings. The molecule has 1 atom stereocenters. The van der Waals surface area contributed by atoms with Gasteiger partial charge in [0.05, 0.1) is 10.8 Å². The van der Waals surface area contributed by atoms with E-state index in [2.05, 4.69) is 15.9 Å². The molecular weight excluding hydrogens is 304 g/mol. The number of hydrogen-bond donors (Lipinski definition) is 1. The van der Waals surface area contributed by atoms with Gasteiger partial charge in [0, 0.05) is 21.5 Å². The van der Waals surface area contributed by atoms with E-state index in [1.807, 2.05) is 24.3 Å². The first-order valence-electron chi connectivity index (χ1n) is 5.45. The zero-order valence-electron chi connectivity index (χ0n) is 9.39. The Morgan fingerprint density at radius 2 is 2.06 bits per heavy atom. The van der Waals surface area contributed by atoms with E-state index in [-0.39, 0.29) is 6.42 Å². The molecule has 1 aromatic carbocycles. The summed E-state index contributed by atoms with van der Waals surface area (Å²) in [7, 11) is -0.985. The van der Waals surface area contributed by atoms with Gasteiger partial charge in [0.2, 0.25) is 0 Å². The first-order valence-corrected chi connectivity index (χ1v) is 7.56. The Morgan fingerprint density at radius 3 is 2.71 bits per heavy atom. The van der Waals surface area contributed by atoms with Crippen molar-refractivity contribution >= 4 is 32.7 Å². The van der Waals surface area contributed by atoms with Gasteiger partial charge in [-0.3, -0.25) is 9.00 Å². The van der Waals surface area contributed by atoms with Crippen molar-refractivity contribution in [2.75, 3.05) is 5.75 Å². The number of carboxylic acid groups (broad SMARTS) is 1. The lowest BCUT2D eigenvalue weighted by Gasteiger charge is -2.02. The van der Waals surface area contributed by atoms with Crippen molar-refractivity contribution in [3.05, 3.63) is 28.7 Å². The zero-order valence-corrected chi connectivity index (χ0v) is 11.8. The summed E-state index contributed by atoms with van der Waals surface area (Å²) in [6.07, 6.45) is 2.47. The Kier molecular flexibility index (Phi) is 6.44. The third-order valence-corrected chi connectivity index (χ3v) is 4.21. The highest BCUT2D eigenvalue weighted by Crippen LogP contribution is 2.15. The largest absolute Gasteiger partial charge is 0.481 e. The highest BCUT2D eigenvalue weighted by molar-refractivity contribution is 9.10. The van der Waals surface area contributed by atoms with Crippen molar-refractivity contribution in [1.29, 1.82) is 0 Å². The summed E-state index contributed by atoms with van der Waals surface area (Å²) in [5.41, 5.74) is 0. The van der Waals surface area contributed by atoms with Crippen LogP contribution in [-0.4, -0.2) is 21.0 Å². The predicted octanol–water partition coefficient (Wildman–Crippen LogP) is 3.20. The second-order valence-electron chi connectivity index (χ2n) is 3.71. The molecule has 0 heterocycles. The molecule has 0 amide bonds. The van der Waals surface area contributed by atoms with Crippen molar-refractivity contribution < 1.29 is 14.1 Å². The van der Waals surface area contributed by atoms with E-state index >= 15 is 0 Å². The highest BCUT2D eigenvalue weighted by Gasteiger charge is 2.04. The normalized spacial score (nSPS) is 12.3. The van der Waals surface area contributed by atoms with E-state index in [0.717, 1.165) is 22.2 Å². The fourth-order valence-electron chi connectivity index (χ4n) is 1.41. The summed E-state index contributed by atoms with van der Waals surface area (Å²) in [5.74, 6) is -0.172. The Bertz CT molecular complexity index is 406. The van der Waals surface area contributed by atoms with E-state index in [4.69, 9.17) is 5.11 Å². The number of halogens is 1. The van der Waals surface area contributed by atoms with E-state index in [0.29, 0.717) is 12.2 Å². The third-order valence-electron chi connectivity index (χ3n) is 2.28. The lowest BCUT2D eigenvalue weighted by molar-refractivity contribution is -0.137. The van der Waals surface area contributed by atoms with Gasteiger partial charge in [0.1, 0.15) is 0 Å². The van der Waals surface area contributed by atoms with Gasteiger partial charge in [-0.1, -0.05) is 28.4 Å². The summed E-state index contributed by atoms with van der Waals surface area (Å²) in [4.78, 5) is 11.1. The fraction of sp³-hybridized carbons (Fsp3) is 0.417. The van der Waals surface area contributed by atoms with Crippen LogP contribution in [0.4, 0.5) is 0 Å². The maximum absolute atomic E-state index is 11.9. The average molecular weight is 319 g/mol. The van der Waals surface area contributed by atoms with Gasteiger partial charge in [0.25, 0.3) is 0 Å². The van der Waals surface area contributed by atoms with E-state index in [1.54, 1.807) is 0 Å². The van der Waals surface area contributed by atoms with Gasteiger partial charge < -0.3 is 5.11 Å². The minimum atomic E-state index is -0.985. The van der Waals surface area contributed by atoms with Crippen LogP contribution >= 0.6 is 15.9 Å². The summed E-state index contributed by atoms with van der Waals surface area (Å²) < 4.78 is 12.8. The van der Waals surface area contributed by atoms with Crippen molar-refractivity contribution in [2.24, 2.45) is 0 Å². The van der Waals surface area contributed by atoms with Crippen LogP contribution in [0.25, 0.3) is 0 Å². The number of aliphatic carboxylic acids is 1. The number of rotatable bonds is 7. The van der Waals surface area contributed by atoms with Crippen LogP contribution in [0, 0.1) is 0 Å². The number of carbonyl (C=O) groups is 1. The summed E-state index contributed by atoms with van der Waals surface area (Å²) in [6, 6.07) is 7.46. The van der Waals surface area contributed by atoms with Crippen molar-refractivity contribution in [1.82, 2.24) is 0 Å². The Balaban J connectivity index is 2.28. The minimum Gasteiger partial charge on any atom is -0.481 e. The molecule has 1 N–H and O–H groups in total. The van der Waals surface area contributed by atoms with Gasteiger partial charge in [-0.2, -0.15) is 0 Å². The standard InChI is InChI=1S/C12H15BrO3S/c13-10-5-4-6-11(9-10)17(16)8-3-1-2-7-12(14)15/h4-6,9H,1-3,7-8H2,(H,14,15). The maximum Gasteiger partial charge on any atom is 0.303 e. The van der Waals surface area contributed by atoms with Gasteiger partial charge in [-0.05, 0) is 31.0 Å². The predicted molar refractivity (Wildman–Crippen MR) is 71.5 cm³/mol. The fourth-order valence-corrected chi connectivity index (χ4v) is 3.15. The molecule has 0 aliphatic rings. The summed E-state index contributed by atoms with van der Waals surface area (Å²) in [5, 5.41) is 8.47. The molecular formula is C12H15BrO3S. The SMILES string of the molecule is O=C(O)CCCCCS(=O)c1cccc(Br)c1. The van der Waals surface area contributed by atoms with Gasteiger partial charge in [-0.15, -0.1) is 0 Å². The molecule has 5 heteroatoms. The average Bonchev–Trinajstić information content (AvgIpc) is 2.28. The molecule has 0 spiro atoms. The second kappa shape index (κ2) is 7.61. The molecule has 0 fully saturated rings. The van der Waals surface area contributed by atoms with Crippen LogP contribution in [0.1, 0.15) is 25.7 Å². The molecule has 3 nitrogen and oxygen atoms in total. The molecule has 0 aliphatic carbocycles. The lowest BCUT2D eigenvalue weighted by Crippen LogP contribution is -1.99. The summed E-state index contributed by atoms with van der Waals surface area (Å²) in [6.45, 7) is 0. The van der Waals surface area contributed by atoms with E-state index < -0.39 is 16.8 Å². The van der Waals surface area contributed by atoms with E-state index in [9.17, 15) is 9.00 Å². The van der Waals surface area contributed by atoms with Crippen LogP contribution in [0.3, 0.4) is 0 Å². The Morgan fingerprint density at radius 1 is 1.29 bits per heavy atom. The van der Waals surface area contributed by atoms with Crippen molar-refractivity contribution in [3.63, 3.8) is 0 Å². The van der Waals surface area contributed by atoms with Crippen molar-refractivity contribution in [2.45, 2.75) is 30.6 Å².